The number of halogens is 4. The molecule has 0 unspecified atom stereocenters. The van der Waals surface area contributed by atoms with E-state index in [2.05, 4.69) is 15.9 Å². The van der Waals surface area contributed by atoms with E-state index in [0.717, 1.165) is 20.0 Å². The molecule has 1 amide bonds. The first-order valence-corrected chi connectivity index (χ1v) is 12.9. The van der Waals surface area contributed by atoms with Gasteiger partial charge in [-0.3, -0.25) is 4.79 Å². The number of amides is 1. The number of fused-ring (bicyclic) bond motifs is 1. The standard InChI is InChI=1S/C23H18BrCl2FN2O3S/c24-16-4-9-22-15(12-16)10-11-29(22)23(30)14-28(13-19-20(26)2-1-3-21(19)27)33(31,32)18-7-5-17(25)6-8-18/h1-9,12H,10-11,13-14H2. The van der Waals surface area contributed by atoms with Gasteiger partial charge in [-0.2, -0.15) is 4.31 Å². The number of nitrogens with zero attached hydrogens (tertiary/aromatic N) is 2. The molecule has 4 rings (SSSR count). The molecule has 0 saturated carbocycles. The number of carbonyl (C=O) groups is 1. The summed E-state index contributed by atoms with van der Waals surface area (Å²) in [7, 11) is -4.16. The molecular weight excluding hydrogens is 554 g/mol. The summed E-state index contributed by atoms with van der Waals surface area (Å²) >= 11 is 15.5. The average Bonchev–Trinajstić information content (AvgIpc) is 3.19. The number of hydrogen-bond donors (Lipinski definition) is 0. The minimum absolute atomic E-state index is 0.00439. The molecule has 3 aromatic carbocycles. The van der Waals surface area contributed by atoms with Crippen LogP contribution >= 0.6 is 39.1 Å². The Kier molecular flexibility index (Phi) is 7.12. The summed E-state index contributed by atoms with van der Waals surface area (Å²) in [5.41, 5.74) is 1.72. The van der Waals surface area contributed by atoms with Crippen LogP contribution in [0.5, 0.6) is 0 Å². The highest BCUT2D eigenvalue weighted by Crippen LogP contribution is 2.31. The van der Waals surface area contributed by atoms with E-state index < -0.39 is 34.8 Å². The van der Waals surface area contributed by atoms with Crippen molar-refractivity contribution in [3.63, 3.8) is 0 Å². The van der Waals surface area contributed by atoms with E-state index in [-0.39, 0.29) is 15.5 Å². The van der Waals surface area contributed by atoms with Crippen LogP contribution in [-0.4, -0.2) is 31.7 Å². The average molecular weight is 572 g/mol. The number of carbonyl (C=O) groups excluding carboxylic acids is 1. The maximum atomic E-state index is 14.5. The van der Waals surface area contributed by atoms with Gasteiger partial charge in [-0.1, -0.05) is 45.2 Å². The van der Waals surface area contributed by atoms with Crippen LogP contribution in [0.2, 0.25) is 10.0 Å². The van der Waals surface area contributed by atoms with Gasteiger partial charge in [0, 0.05) is 38.9 Å². The molecule has 0 bridgehead atoms. The van der Waals surface area contributed by atoms with Crippen LogP contribution in [0.4, 0.5) is 10.1 Å². The number of anilines is 1. The van der Waals surface area contributed by atoms with E-state index in [4.69, 9.17) is 23.2 Å². The molecular formula is C23H18BrCl2FN2O3S. The molecule has 0 atom stereocenters. The van der Waals surface area contributed by atoms with Crippen molar-refractivity contribution >= 4 is 60.7 Å². The smallest absolute Gasteiger partial charge is 0.243 e. The topological polar surface area (TPSA) is 57.7 Å². The highest BCUT2D eigenvalue weighted by atomic mass is 79.9. The second kappa shape index (κ2) is 9.72. The Labute approximate surface area is 209 Å². The van der Waals surface area contributed by atoms with Crippen molar-refractivity contribution in [1.82, 2.24) is 4.31 Å². The van der Waals surface area contributed by atoms with Crippen molar-refractivity contribution < 1.29 is 17.6 Å². The largest absolute Gasteiger partial charge is 0.311 e. The molecule has 10 heteroatoms. The molecule has 0 fully saturated rings. The lowest BCUT2D eigenvalue weighted by Crippen LogP contribution is -2.42. The van der Waals surface area contributed by atoms with E-state index in [1.807, 2.05) is 18.2 Å². The SMILES string of the molecule is O=C(CN(Cc1c(F)cccc1Cl)S(=O)(=O)c1ccc(Cl)cc1)N1CCc2cc(Br)ccc21. The van der Waals surface area contributed by atoms with Crippen LogP contribution in [0.1, 0.15) is 11.1 Å². The summed E-state index contributed by atoms with van der Waals surface area (Å²) < 4.78 is 43.3. The monoisotopic (exact) mass is 570 g/mol. The molecule has 0 radical (unpaired) electrons. The molecule has 33 heavy (non-hydrogen) atoms. The van der Waals surface area contributed by atoms with E-state index >= 15 is 0 Å². The fraction of sp³-hybridized carbons (Fsp3) is 0.174. The van der Waals surface area contributed by atoms with Crippen molar-refractivity contribution in [1.29, 1.82) is 0 Å². The zero-order valence-corrected chi connectivity index (χ0v) is 21.1. The number of benzene rings is 3. The lowest BCUT2D eigenvalue weighted by Gasteiger charge is -2.25. The van der Waals surface area contributed by atoms with E-state index in [9.17, 15) is 17.6 Å². The molecule has 5 nitrogen and oxygen atoms in total. The van der Waals surface area contributed by atoms with Crippen LogP contribution in [0, 0.1) is 5.82 Å². The van der Waals surface area contributed by atoms with Crippen molar-refractivity contribution in [3.8, 4) is 0 Å². The van der Waals surface area contributed by atoms with Crippen molar-refractivity contribution in [2.24, 2.45) is 0 Å². The Morgan fingerprint density at radius 2 is 1.82 bits per heavy atom. The molecule has 0 aliphatic carbocycles. The summed E-state index contributed by atoms with van der Waals surface area (Å²) in [6, 6.07) is 15.3. The third kappa shape index (κ3) is 5.10. The lowest BCUT2D eigenvalue weighted by atomic mass is 10.2. The van der Waals surface area contributed by atoms with Crippen LogP contribution < -0.4 is 4.90 Å². The second-order valence-corrected chi connectivity index (χ2v) is 11.2. The first kappa shape index (κ1) is 24.2. The summed E-state index contributed by atoms with van der Waals surface area (Å²) in [4.78, 5) is 14.7. The first-order valence-electron chi connectivity index (χ1n) is 9.94. The molecule has 3 aromatic rings. The van der Waals surface area contributed by atoms with Gasteiger partial charge in [-0.15, -0.1) is 0 Å². The zero-order valence-electron chi connectivity index (χ0n) is 17.1. The van der Waals surface area contributed by atoms with E-state index in [1.54, 1.807) is 4.90 Å². The summed E-state index contributed by atoms with van der Waals surface area (Å²) in [6.45, 7) is -0.450. The molecule has 0 aromatic heterocycles. The maximum Gasteiger partial charge on any atom is 0.243 e. The highest BCUT2D eigenvalue weighted by Gasteiger charge is 2.32. The molecule has 1 aliphatic heterocycles. The summed E-state index contributed by atoms with van der Waals surface area (Å²) in [5.74, 6) is -1.07. The summed E-state index contributed by atoms with van der Waals surface area (Å²) in [5, 5.41) is 0.448. The predicted octanol–water partition coefficient (Wildman–Crippen LogP) is 5.68. The van der Waals surface area contributed by atoms with Crippen LogP contribution in [0.15, 0.2) is 70.0 Å². The van der Waals surface area contributed by atoms with E-state index in [0.29, 0.717) is 18.0 Å². The van der Waals surface area contributed by atoms with Gasteiger partial charge in [0.1, 0.15) is 5.82 Å². The number of rotatable bonds is 6. The molecule has 0 N–H and O–H groups in total. The Hall–Kier alpha value is -1.97. The van der Waals surface area contributed by atoms with Crippen molar-refractivity contribution in [2.45, 2.75) is 17.9 Å². The quantitative estimate of drug-likeness (QED) is 0.383. The van der Waals surface area contributed by atoms with Crippen LogP contribution in [0.25, 0.3) is 0 Å². The predicted molar refractivity (Wildman–Crippen MR) is 131 cm³/mol. The molecule has 0 spiro atoms. The molecule has 172 valence electrons. The minimum atomic E-state index is -4.16. The Bertz CT molecular complexity index is 1300. The Morgan fingerprint density at radius 3 is 2.52 bits per heavy atom. The van der Waals surface area contributed by atoms with Crippen LogP contribution in [0.3, 0.4) is 0 Å². The van der Waals surface area contributed by atoms with Crippen molar-refractivity contribution in [3.05, 3.63) is 92.1 Å². The van der Waals surface area contributed by atoms with Gasteiger partial charge < -0.3 is 4.90 Å². The van der Waals surface area contributed by atoms with Gasteiger partial charge in [-0.05, 0) is 66.6 Å². The Morgan fingerprint density at radius 1 is 1.09 bits per heavy atom. The van der Waals surface area contributed by atoms with Gasteiger partial charge in [0.15, 0.2) is 0 Å². The van der Waals surface area contributed by atoms with Crippen LogP contribution in [-0.2, 0) is 27.8 Å². The van der Waals surface area contributed by atoms with E-state index in [1.165, 1.54) is 42.5 Å². The minimum Gasteiger partial charge on any atom is -0.311 e. The number of hydrogen-bond acceptors (Lipinski definition) is 3. The molecule has 0 saturated heterocycles. The lowest BCUT2D eigenvalue weighted by molar-refractivity contribution is -0.118. The fourth-order valence-corrected chi connectivity index (χ4v) is 5.82. The van der Waals surface area contributed by atoms with Gasteiger partial charge in [0.05, 0.1) is 11.4 Å². The van der Waals surface area contributed by atoms with Gasteiger partial charge in [0.2, 0.25) is 15.9 Å². The van der Waals surface area contributed by atoms with Gasteiger partial charge in [-0.25, -0.2) is 12.8 Å². The second-order valence-electron chi connectivity index (χ2n) is 7.50. The number of sulfonamides is 1. The van der Waals surface area contributed by atoms with Gasteiger partial charge in [0.25, 0.3) is 0 Å². The Balaban J connectivity index is 1.69. The fourth-order valence-electron chi connectivity index (χ4n) is 3.71. The summed E-state index contributed by atoms with van der Waals surface area (Å²) in [6.07, 6.45) is 0.656. The third-order valence-corrected chi connectivity index (χ3v) is 8.30. The maximum absolute atomic E-state index is 14.5. The molecule has 1 aliphatic rings. The van der Waals surface area contributed by atoms with Gasteiger partial charge >= 0.3 is 0 Å². The highest BCUT2D eigenvalue weighted by molar-refractivity contribution is 9.10. The third-order valence-electron chi connectivity index (χ3n) is 5.40. The normalized spacial score (nSPS) is 13.4. The molecule has 1 heterocycles. The zero-order chi connectivity index (χ0) is 23.8. The first-order chi connectivity index (χ1) is 15.7. The van der Waals surface area contributed by atoms with Crippen molar-refractivity contribution in [2.75, 3.05) is 18.0 Å².